The summed E-state index contributed by atoms with van der Waals surface area (Å²) in [6.07, 6.45) is 4.39. The lowest BCUT2D eigenvalue weighted by Gasteiger charge is -2.18. The van der Waals surface area contributed by atoms with Crippen LogP contribution in [-0.4, -0.2) is 29.3 Å². The van der Waals surface area contributed by atoms with Gasteiger partial charge in [0.15, 0.2) is 0 Å². The minimum atomic E-state index is -1.03. The molecule has 2 rings (SSSR count). The highest BCUT2D eigenvalue weighted by Crippen LogP contribution is 2.33. The Balaban J connectivity index is 1.78. The lowest BCUT2D eigenvalue weighted by atomic mass is 10.00. The topological polar surface area (TPSA) is 72.6 Å². The van der Waals surface area contributed by atoms with Gasteiger partial charge in [-0.2, -0.15) is 0 Å². The number of ether oxygens (including phenoxy) is 1. The first-order valence-electron chi connectivity index (χ1n) is 5.24. The van der Waals surface area contributed by atoms with E-state index in [-0.39, 0.29) is 6.10 Å². The van der Waals surface area contributed by atoms with Gasteiger partial charge in [-0.3, -0.25) is 4.79 Å². The highest BCUT2D eigenvalue weighted by molar-refractivity contribution is 5.78. The van der Waals surface area contributed by atoms with E-state index in [1.54, 1.807) is 0 Å². The molecule has 14 heavy (non-hydrogen) atoms. The van der Waals surface area contributed by atoms with Crippen molar-refractivity contribution in [3.8, 4) is 0 Å². The maximum absolute atomic E-state index is 10.8. The van der Waals surface area contributed by atoms with Crippen LogP contribution in [0.15, 0.2) is 0 Å². The summed E-state index contributed by atoms with van der Waals surface area (Å²) in [6, 6.07) is 0. The maximum Gasteiger partial charge on any atom is 0.323 e. The van der Waals surface area contributed by atoms with E-state index in [9.17, 15) is 4.79 Å². The zero-order chi connectivity index (χ0) is 10.2. The number of carboxylic acids is 1. The fourth-order valence-electron chi connectivity index (χ4n) is 1.92. The van der Waals surface area contributed by atoms with E-state index < -0.39 is 11.5 Å². The fraction of sp³-hybridized carbons (Fsp3) is 0.900. The molecule has 0 aromatic heterocycles. The van der Waals surface area contributed by atoms with Gasteiger partial charge in [0, 0.05) is 13.0 Å². The number of hydrogen-bond donors (Lipinski definition) is 2. The van der Waals surface area contributed by atoms with Crippen molar-refractivity contribution in [2.24, 2.45) is 11.7 Å². The summed E-state index contributed by atoms with van der Waals surface area (Å²) in [5.74, 6) is -0.164. The van der Waals surface area contributed by atoms with Crippen LogP contribution >= 0.6 is 0 Å². The van der Waals surface area contributed by atoms with Crippen LogP contribution in [0.2, 0.25) is 0 Å². The minimum absolute atomic E-state index is 0.0664. The monoisotopic (exact) mass is 199 g/mol. The molecule has 0 amide bonds. The van der Waals surface area contributed by atoms with E-state index >= 15 is 0 Å². The predicted octanol–water partition coefficient (Wildman–Crippen LogP) is 0.748. The first-order chi connectivity index (χ1) is 6.60. The third-order valence-corrected chi connectivity index (χ3v) is 3.19. The van der Waals surface area contributed by atoms with Gasteiger partial charge in [0.25, 0.3) is 0 Å². The van der Waals surface area contributed by atoms with E-state index in [1.165, 1.54) is 12.8 Å². The number of carboxylic acid groups (broad SMARTS) is 1. The van der Waals surface area contributed by atoms with E-state index in [4.69, 9.17) is 15.6 Å². The first kappa shape index (κ1) is 9.93. The Morgan fingerprint density at radius 2 is 2.21 bits per heavy atom. The summed E-state index contributed by atoms with van der Waals surface area (Å²) in [6.45, 7) is 0.792. The Morgan fingerprint density at radius 3 is 2.71 bits per heavy atom. The molecule has 0 aromatic carbocycles. The van der Waals surface area contributed by atoms with Gasteiger partial charge in [-0.25, -0.2) is 0 Å². The van der Waals surface area contributed by atoms with Gasteiger partial charge in [0.1, 0.15) is 5.54 Å². The van der Waals surface area contributed by atoms with Crippen LogP contribution in [0.5, 0.6) is 0 Å². The zero-order valence-electron chi connectivity index (χ0n) is 8.24. The Morgan fingerprint density at radius 1 is 1.50 bits per heavy atom. The number of rotatable bonds is 4. The minimum Gasteiger partial charge on any atom is -0.480 e. The summed E-state index contributed by atoms with van der Waals surface area (Å²) >= 11 is 0. The SMILES string of the molecule is NC1(C(=O)O)CCC(OCC2CC2)C1. The molecular weight excluding hydrogens is 182 g/mol. The molecule has 4 heteroatoms. The Kier molecular flexibility index (Phi) is 2.49. The average molecular weight is 199 g/mol. The molecule has 2 unspecified atom stereocenters. The van der Waals surface area contributed by atoms with E-state index in [2.05, 4.69) is 0 Å². The van der Waals surface area contributed by atoms with Crippen LogP contribution in [0.4, 0.5) is 0 Å². The maximum atomic E-state index is 10.8. The molecule has 0 bridgehead atoms. The van der Waals surface area contributed by atoms with Gasteiger partial charge in [-0.1, -0.05) is 0 Å². The number of aliphatic carboxylic acids is 1. The first-order valence-corrected chi connectivity index (χ1v) is 5.24. The van der Waals surface area contributed by atoms with Crippen LogP contribution in [0.25, 0.3) is 0 Å². The van der Waals surface area contributed by atoms with Crippen LogP contribution in [0, 0.1) is 5.92 Å². The Bertz CT molecular complexity index is 240. The molecule has 4 nitrogen and oxygen atoms in total. The summed E-state index contributed by atoms with van der Waals surface area (Å²) in [5.41, 5.74) is 4.70. The second kappa shape index (κ2) is 3.51. The largest absolute Gasteiger partial charge is 0.480 e. The second-order valence-corrected chi connectivity index (χ2v) is 4.60. The van der Waals surface area contributed by atoms with Crippen molar-refractivity contribution in [2.75, 3.05) is 6.61 Å². The van der Waals surface area contributed by atoms with Gasteiger partial charge in [-0.05, 0) is 31.6 Å². The van der Waals surface area contributed by atoms with E-state index in [0.717, 1.165) is 18.9 Å². The lowest BCUT2D eigenvalue weighted by Crippen LogP contribution is -2.45. The fourth-order valence-corrected chi connectivity index (χ4v) is 1.92. The van der Waals surface area contributed by atoms with Crippen LogP contribution in [0.3, 0.4) is 0 Å². The normalized spacial score (nSPS) is 37.4. The molecule has 3 N–H and O–H groups in total. The molecule has 0 radical (unpaired) electrons. The molecule has 2 saturated carbocycles. The third-order valence-electron chi connectivity index (χ3n) is 3.19. The van der Waals surface area contributed by atoms with Crippen molar-refractivity contribution in [1.82, 2.24) is 0 Å². The van der Waals surface area contributed by atoms with Gasteiger partial charge < -0.3 is 15.6 Å². The van der Waals surface area contributed by atoms with E-state index in [0.29, 0.717) is 12.8 Å². The molecule has 2 aliphatic carbocycles. The summed E-state index contributed by atoms with van der Waals surface area (Å²) < 4.78 is 5.63. The molecule has 80 valence electrons. The zero-order valence-corrected chi connectivity index (χ0v) is 8.24. The van der Waals surface area contributed by atoms with Crippen molar-refractivity contribution in [3.63, 3.8) is 0 Å². The highest BCUT2D eigenvalue weighted by atomic mass is 16.5. The van der Waals surface area contributed by atoms with Crippen molar-refractivity contribution in [3.05, 3.63) is 0 Å². The van der Waals surface area contributed by atoms with Crippen molar-refractivity contribution >= 4 is 5.97 Å². The third kappa shape index (κ3) is 2.07. The molecule has 2 aliphatic rings. The molecule has 0 heterocycles. The predicted molar refractivity (Wildman–Crippen MR) is 50.9 cm³/mol. The molecule has 0 spiro atoms. The van der Waals surface area contributed by atoms with Gasteiger partial charge in [0.2, 0.25) is 0 Å². The number of carbonyl (C=O) groups is 1. The summed E-state index contributed by atoms with van der Waals surface area (Å²) in [5, 5.41) is 8.90. The number of hydrogen-bond acceptors (Lipinski definition) is 3. The molecule has 0 aliphatic heterocycles. The summed E-state index contributed by atoms with van der Waals surface area (Å²) in [7, 11) is 0. The quantitative estimate of drug-likeness (QED) is 0.700. The molecule has 2 fully saturated rings. The molecule has 2 atom stereocenters. The second-order valence-electron chi connectivity index (χ2n) is 4.60. The van der Waals surface area contributed by atoms with Crippen LogP contribution in [0.1, 0.15) is 32.1 Å². The molecule has 0 aromatic rings. The highest BCUT2D eigenvalue weighted by Gasteiger charge is 2.42. The Hall–Kier alpha value is -0.610. The smallest absolute Gasteiger partial charge is 0.323 e. The van der Waals surface area contributed by atoms with Gasteiger partial charge in [-0.15, -0.1) is 0 Å². The van der Waals surface area contributed by atoms with Crippen molar-refractivity contribution in [2.45, 2.75) is 43.7 Å². The van der Waals surface area contributed by atoms with Crippen LogP contribution in [-0.2, 0) is 9.53 Å². The standard InChI is InChI=1S/C10H17NO3/c11-10(9(12)13)4-3-8(5-10)14-6-7-1-2-7/h7-8H,1-6,11H2,(H,12,13). The summed E-state index contributed by atoms with van der Waals surface area (Å²) in [4.78, 5) is 10.8. The molecule has 0 saturated heterocycles. The van der Waals surface area contributed by atoms with Crippen LogP contribution < -0.4 is 5.73 Å². The lowest BCUT2D eigenvalue weighted by molar-refractivity contribution is -0.143. The van der Waals surface area contributed by atoms with Gasteiger partial charge in [0.05, 0.1) is 6.10 Å². The Labute approximate surface area is 83.4 Å². The van der Waals surface area contributed by atoms with Gasteiger partial charge >= 0.3 is 5.97 Å². The average Bonchev–Trinajstić information content (AvgIpc) is 2.87. The van der Waals surface area contributed by atoms with Crippen molar-refractivity contribution < 1.29 is 14.6 Å². The molecular formula is C10H17NO3. The van der Waals surface area contributed by atoms with E-state index in [1.807, 2.05) is 0 Å². The van der Waals surface area contributed by atoms with Crippen molar-refractivity contribution in [1.29, 1.82) is 0 Å². The number of nitrogens with two attached hydrogens (primary N) is 1.